The zero-order chi connectivity index (χ0) is 24.0. The van der Waals surface area contributed by atoms with Gasteiger partial charge < -0.3 is 5.32 Å². The van der Waals surface area contributed by atoms with Crippen LogP contribution in [0.5, 0.6) is 0 Å². The van der Waals surface area contributed by atoms with E-state index in [1.165, 1.54) is 23.1 Å². The Balaban J connectivity index is 1.40. The van der Waals surface area contributed by atoms with Crippen molar-refractivity contribution >= 4 is 5.91 Å². The minimum atomic E-state index is -0.0504. The van der Waals surface area contributed by atoms with E-state index in [0.717, 1.165) is 31.4 Å². The third-order valence-corrected chi connectivity index (χ3v) is 7.67. The van der Waals surface area contributed by atoms with Crippen molar-refractivity contribution in [2.75, 3.05) is 7.05 Å². The Morgan fingerprint density at radius 3 is 2.15 bits per heavy atom. The van der Waals surface area contributed by atoms with Gasteiger partial charge in [0.15, 0.2) is 0 Å². The molecule has 1 aliphatic carbocycles. The SMILES string of the molecule is CN(Cc1ccc([C@H]2CCCC[C@@H]2C(=O)NCc2ccccc2)cc1)C(C)(C)c1ccccc1. The second kappa shape index (κ2) is 11.0. The summed E-state index contributed by atoms with van der Waals surface area (Å²) in [5.74, 6) is 0.557. The van der Waals surface area contributed by atoms with Crippen molar-refractivity contribution in [1.82, 2.24) is 10.2 Å². The van der Waals surface area contributed by atoms with Crippen LogP contribution in [-0.2, 0) is 23.4 Å². The number of benzene rings is 3. The molecular formula is C31H38N2O. The number of nitrogens with zero attached hydrogens (tertiary/aromatic N) is 1. The summed E-state index contributed by atoms with van der Waals surface area (Å²) in [6.07, 6.45) is 4.39. The molecule has 1 aliphatic rings. The van der Waals surface area contributed by atoms with Crippen molar-refractivity contribution in [3.05, 3.63) is 107 Å². The molecule has 1 N–H and O–H groups in total. The molecule has 0 saturated heterocycles. The van der Waals surface area contributed by atoms with Crippen molar-refractivity contribution in [3.8, 4) is 0 Å². The molecule has 4 rings (SSSR count). The average molecular weight is 455 g/mol. The number of nitrogens with one attached hydrogen (secondary N) is 1. The monoisotopic (exact) mass is 454 g/mol. The lowest BCUT2D eigenvalue weighted by Gasteiger charge is -2.36. The number of amides is 1. The summed E-state index contributed by atoms with van der Waals surface area (Å²) in [7, 11) is 2.19. The van der Waals surface area contributed by atoms with Crippen molar-refractivity contribution < 1.29 is 4.79 Å². The Morgan fingerprint density at radius 1 is 0.853 bits per heavy atom. The van der Waals surface area contributed by atoms with Crippen LogP contribution in [0.15, 0.2) is 84.9 Å². The smallest absolute Gasteiger partial charge is 0.223 e. The second-order valence-corrected chi connectivity index (χ2v) is 10.2. The lowest BCUT2D eigenvalue weighted by Crippen LogP contribution is -2.38. The maximum atomic E-state index is 13.1. The lowest BCUT2D eigenvalue weighted by molar-refractivity contribution is -0.126. The van der Waals surface area contributed by atoms with E-state index in [2.05, 4.69) is 97.8 Å². The predicted octanol–water partition coefficient (Wildman–Crippen LogP) is 6.64. The Labute approximate surface area is 205 Å². The van der Waals surface area contributed by atoms with E-state index in [4.69, 9.17) is 0 Å². The van der Waals surface area contributed by atoms with E-state index in [-0.39, 0.29) is 17.4 Å². The van der Waals surface area contributed by atoms with Gasteiger partial charge in [0.2, 0.25) is 5.91 Å². The van der Waals surface area contributed by atoms with Gasteiger partial charge in [-0.05, 0) is 61.9 Å². The maximum Gasteiger partial charge on any atom is 0.223 e. The van der Waals surface area contributed by atoms with E-state index < -0.39 is 0 Å². The van der Waals surface area contributed by atoms with Gasteiger partial charge in [0.1, 0.15) is 0 Å². The summed E-state index contributed by atoms with van der Waals surface area (Å²) < 4.78 is 0. The molecule has 1 fully saturated rings. The average Bonchev–Trinajstić information content (AvgIpc) is 2.89. The summed E-state index contributed by atoms with van der Waals surface area (Å²) in [4.78, 5) is 15.5. The second-order valence-electron chi connectivity index (χ2n) is 10.2. The predicted molar refractivity (Wildman–Crippen MR) is 140 cm³/mol. The minimum Gasteiger partial charge on any atom is -0.352 e. The van der Waals surface area contributed by atoms with E-state index in [1.807, 2.05) is 18.2 Å². The van der Waals surface area contributed by atoms with Gasteiger partial charge in [-0.1, -0.05) is 97.8 Å². The standard InChI is InChI=1S/C31H38N2O/c1-31(2,27-14-8-5-9-15-27)33(3)23-25-18-20-26(21-19-25)28-16-10-11-17-29(28)30(34)32-22-24-12-6-4-7-13-24/h4-9,12-15,18-21,28-29H,10-11,16-17,22-23H2,1-3H3,(H,32,34)/t28-,29+/m1/s1. The van der Waals surface area contributed by atoms with Crippen LogP contribution in [-0.4, -0.2) is 17.9 Å². The molecule has 1 amide bonds. The zero-order valence-electron chi connectivity index (χ0n) is 20.8. The molecule has 0 spiro atoms. The molecule has 0 aliphatic heterocycles. The molecular weight excluding hydrogens is 416 g/mol. The fourth-order valence-corrected chi connectivity index (χ4v) is 5.17. The van der Waals surface area contributed by atoms with Crippen LogP contribution in [0.4, 0.5) is 0 Å². The summed E-state index contributed by atoms with van der Waals surface area (Å²) in [6, 6.07) is 29.9. The van der Waals surface area contributed by atoms with Gasteiger partial charge in [-0.15, -0.1) is 0 Å². The van der Waals surface area contributed by atoms with Crippen molar-refractivity contribution in [3.63, 3.8) is 0 Å². The van der Waals surface area contributed by atoms with Gasteiger partial charge in [0.25, 0.3) is 0 Å². The van der Waals surface area contributed by atoms with Gasteiger partial charge in [-0.25, -0.2) is 0 Å². The first-order valence-electron chi connectivity index (χ1n) is 12.6. The van der Waals surface area contributed by atoms with Crippen molar-refractivity contribution in [2.24, 2.45) is 5.92 Å². The topological polar surface area (TPSA) is 32.3 Å². The molecule has 3 aromatic carbocycles. The highest BCUT2D eigenvalue weighted by Crippen LogP contribution is 2.38. The molecule has 0 heterocycles. The van der Waals surface area contributed by atoms with Crippen LogP contribution in [0.3, 0.4) is 0 Å². The largest absolute Gasteiger partial charge is 0.352 e. The van der Waals surface area contributed by atoms with Crippen LogP contribution in [0.1, 0.15) is 67.7 Å². The fraction of sp³-hybridized carbons (Fsp3) is 0.387. The summed E-state index contributed by atoms with van der Waals surface area (Å²) >= 11 is 0. The molecule has 0 aromatic heterocycles. The lowest BCUT2D eigenvalue weighted by atomic mass is 9.75. The number of hydrogen-bond donors (Lipinski definition) is 1. The van der Waals surface area contributed by atoms with Crippen molar-refractivity contribution in [2.45, 2.75) is 64.1 Å². The Hall–Kier alpha value is -2.91. The summed E-state index contributed by atoms with van der Waals surface area (Å²) in [6.45, 7) is 6.04. The van der Waals surface area contributed by atoms with Gasteiger partial charge in [-0.2, -0.15) is 0 Å². The Morgan fingerprint density at radius 2 is 1.47 bits per heavy atom. The highest BCUT2D eigenvalue weighted by atomic mass is 16.1. The number of rotatable bonds is 8. The van der Waals surface area contributed by atoms with E-state index in [1.54, 1.807) is 0 Å². The highest BCUT2D eigenvalue weighted by molar-refractivity contribution is 5.79. The molecule has 3 aromatic rings. The first-order chi connectivity index (χ1) is 16.4. The fourth-order valence-electron chi connectivity index (χ4n) is 5.17. The van der Waals surface area contributed by atoms with Gasteiger partial charge in [-0.3, -0.25) is 9.69 Å². The molecule has 0 bridgehead atoms. The van der Waals surface area contributed by atoms with E-state index in [9.17, 15) is 4.79 Å². The summed E-state index contributed by atoms with van der Waals surface area (Å²) in [5, 5.41) is 3.19. The maximum absolute atomic E-state index is 13.1. The molecule has 34 heavy (non-hydrogen) atoms. The number of carbonyl (C=O) groups excluding carboxylic acids is 1. The molecule has 2 atom stereocenters. The third-order valence-electron chi connectivity index (χ3n) is 7.67. The quantitative estimate of drug-likeness (QED) is 0.413. The van der Waals surface area contributed by atoms with Crippen LogP contribution in [0.25, 0.3) is 0 Å². The van der Waals surface area contributed by atoms with Gasteiger partial charge >= 0.3 is 0 Å². The van der Waals surface area contributed by atoms with Crippen LogP contribution in [0, 0.1) is 5.92 Å². The number of hydrogen-bond acceptors (Lipinski definition) is 2. The Kier molecular flexibility index (Phi) is 7.84. The summed E-state index contributed by atoms with van der Waals surface area (Å²) in [5.41, 5.74) is 5.02. The molecule has 0 radical (unpaired) electrons. The third kappa shape index (κ3) is 5.77. The van der Waals surface area contributed by atoms with Crippen molar-refractivity contribution in [1.29, 1.82) is 0 Å². The van der Waals surface area contributed by atoms with Crippen LogP contribution >= 0.6 is 0 Å². The number of carbonyl (C=O) groups is 1. The molecule has 3 heteroatoms. The van der Waals surface area contributed by atoms with Gasteiger partial charge in [0, 0.05) is 24.5 Å². The molecule has 1 saturated carbocycles. The molecule has 178 valence electrons. The molecule has 0 unspecified atom stereocenters. The van der Waals surface area contributed by atoms with E-state index >= 15 is 0 Å². The normalized spacial score (nSPS) is 18.6. The van der Waals surface area contributed by atoms with Crippen LogP contribution < -0.4 is 5.32 Å². The molecule has 3 nitrogen and oxygen atoms in total. The van der Waals surface area contributed by atoms with Crippen LogP contribution in [0.2, 0.25) is 0 Å². The minimum absolute atomic E-state index is 0.0504. The zero-order valence-corrected chi connectivity index (χ0v) is 20.8. The van der Waals surface area contributed by atoms with Gasteiger partial charge in [0.05, 0.1) is 0 Å². The highest BCUT2D eigenvalue weighted by Gasteiger charge is 2.32. The first-order valence-corrected chi connectivity index (χ1v) is 12.6. The Bertz CT molecular complexity index is 1040. The van der Waals surface area contributed by atoms with E-state index in [0.29, 0.717) is 12.5 Å². The first kappa shape index (κ1) is 24.2.